The van der Waals surface area contributed by atoms with E-state index >= 15 is 0 Å². The lowest BCUT2D eigenvalue weighted by Gasteiger charge is -2.25. The molecule has 0 saturated heterocycles. The van der Waals surface area contributed by atoms with Gasteiger partial charge >= 0.3 is 0 Å². The zero-order valence-electron chi connectivity index (χ0n) is 15.3. The zero-order valence-corrected chi connectivity index (χ0v) is 16.1. The fourth-order valence-electron chi connectivity index (χ4n) is 3.35. The highest BCUT2D eigenvalue weighted by Crippen LogP contribution is 2.33. The second-order valence-electron chi connectivity index (χ2n) is 6.90. The number of amides is 1. The first-order valence-electron chi connectivity index (χ1n) is 8.72. The van der Waals surface area contributed by atoms with Crippen LogP contribution in [0.15, 0.2) is 47.4 Å². The molecule has 1 amide bonds. The van der Waals surface area contributed by atoms with Crippen molar-refractivity contribution in [2.24, 2.45) is 0 Å². The molecule has 2 aromatic carbocycles. The van der Waals surface area contributed by atoms with Crippen molar-refractivity contribution in [1.82, 2.24) is 4.31 Å². The van der Waals surface area contributed by atoms with Crippen molar-refractivity contribution >= 4 is 21.6 Å². The SMILES string of the molecule is Cc1ccc(S(=O)(=O)N(C)C)cc1NC(=O)C1CCCc2ccccc21. The van der Waals surface area contributed by atoms with Gasteiger partial charge in [-0.15, -0.1) is 0 Å². The first-order chi connectivity index (χ1) is 12.3. The quantitative estimate of drug-likeness (QED) is 0.895. The number of fused-ring (bicyclic) bond motifs is 1. The van der Waals surface area contributed by atoms with E-state index in [1.807, 2.05) is 25.1 Å². The lowest BCUT2D eigenvalue weighted by atomic mass is 9.82. The summed E-state index contributed by atoms with van der Waals surface area (Å²) >= 11 is 0. The molecule has 1 aliphatic rings. The lowest BCUT2D eigenvalue weighted by molar-refractivity contribution is -0.117. The highest BCUT2D eigenvalue weighted by Gasteiger charge is 2.27. The van der Waals surface area contributed by atoms with Gasteiger partial charge in [-0.05, 0) is 55.0 Å². The number of anilines is 1. The van der Waals surface area contributed by atoms with Crippen molar-refractivity contribution in [3.8, 4) is 0 Å². The maximum Gasteiger partial charge on any atom is 0.242 e. The molecule has 2 aromatic rings. The summed E-state index contributed by atoms with van der Waals surface area (Å²) < 4.78 is 25.9. The highest BCUT2D eigenvalue weighted by atomic mass is 32.2. The summed E-state index contributed by atoms with van der Waals surface area (Å²) in [6.07, 6.45) is 2.77. The number of rotatable bonds is 4. The number of benzene rings is 2. The van der Waals surface area contributed by atoms with E-state index in [0.29, 0.717) is 5.69 Å². The van der Waals surface area contributed by atoms with E-state index in [-0.39, 0.29) is 16.7 Å². The predicted octanol–water partition coefficient (Wildman–Crippen LogP) is 3.30. The van der Waals surface area contributed by atoms with Gasteiger partial charge in [0.15, 0.2) is 0 Å². The molecule has 0 bridgehead atoms. The third kappa shape index (κ3) is 3.52. The summed E-state index contributed by atoms with van der Waals surface area (Å²) in [6, 6.07) is 12.9. The topological polar surface area (TPSA) is 66.5 Å². The Hall–Kier alpha value is -2.18. The molecule has 1 unspecified atom stereocenters. The van der Waals surface area contributed by atoms with Gasteiger partial charge in [-0.2, -0.15) is 0 Å². The molecule has 0 aromatic heterocycles. The second kappa shape index (κ2) is 7.21. The van der Waals surface area contributed by atoms with Crippen LogP contribution in [-0.2, 0) is 21.2 Å². The van der Waals surface area contributed by atoms with E-state index in [1.165, 1.54) is 30.0 Å². The number of hydrogen-bond donors (Lipinski definition) is 1. The third-order valence-corrected chi connectivity index (χ3v) is 6.74. The molecule has 0 spiro atoms. The van der Waals surface area contributed by atoms with E-state index < -0.39 is 10.0 Å². The van der Waals surface area contributed by atoms with Crippen molar-refractivity contribution in [3.05, 3.63) is 59.2 Å². The average molecular weight is 372 g/mol. The number of hydrogen-bond acceptors (Lipinski definition) is 3. The molecule has 1 aliphatic carbocycles. The van der Waals surface area contributed by atoms with E-state index in [2.05, 4.69) is 11.4 Å². The van der Waals surface area contributed by atoms with Crippen LogP contribution in [0.3, 0.4) is 0 Å². The van der Waals surface area contributed by atoms with Gasteiger partial charge in [0.1, 0.15) is 0 Å². The van der Waals surface area contributed by atoms with Crippen molar-refractivity contribution in [2.75, 3.05) is 19.4 Å². The minimum absolute atomic E-state index is 0.0837. The van der Waals surface area contributed by atoms with Gasteiger partial charge in [-0.25, -0.2) is 12.7 Å². The molecule has 0 aliphatic heterocycles. The Morgan fingerprint density at radius 3 is 2.62 bits per heavy atom. The van der Waals surface area contributed by atoms with Gasteiger partial charge in [-0.3, -0.25) is 4.79 Å². The van der Waals surface area contributed by atoms with E-state index in [4.69, 9.17) is 0 Å². The molecule has 0 heterocycles. The molecule has 1 N–H and O–H groups in total. The molecule has 5 nitrogen and oxygen atoms in total. The maximum absolute atomic E-state index is 12.9. The number of aryl methyl sites for hydroxylation is 2. The summed E-state index contributed by atoms with van der Waals surface area (Å²) in [5.41, 5.74) is 3.67. The summed E-state index contributed by atoms with van der Waals surface area (Å²) in [4.78, 5) is 13.1. The van der Waals surface area contributed by atoms with Crippen LogP contribution in [0.2, 0.25) is 0 Å². The molecular formula is C20H24N2O3S. The number of nitrogens with one attached hydrogen (secondary N) is 1. The predicted molar refractivity (Wildman–Crippen MR) is 103 cm³/mol. The first-order valence-corrected chi connectivity index (χ1v) is 10.2. The van der Waals surface area contributed by atoms with Gasteiger partial charge in [0.05, 0.1) is 10.8 Å². The smallest absolute Gasteiger partial charge is 0.242 e. The van der Waals surface area contributed by atoms with Crippen LogP contribution in [0.1, 0.15) is 35.4 Å². The van der Waals surface area contributed by atoms with Crippen molar-refractivity contribution in [1.29, 1.82) is 0 Å². The highest BCUT2D eigenvalue weighted by molar-refractivity contribution is 7.89. The van der Waals surface area contributed by atoms with Crippen LogP contribution >= 0.6 is 0 Å². The molecule has 138 valence electrons. The molecule has 6 heteroatoms. The van der Waals surface area contributed by atoms with Gasteiger partial charge in [0.2, 0.25) is 15.9 Å². The summed E-state index contributed by atoms with van der Waals surface area (Å²) in [5, 5.41) is 2.95. The standard InChI is InChI=1S/C20H24N2O3S/c1-14-11-12-16(26(24,25)22(2)3)13-19(14)21-20(23)18-10-6-8-15-7-4-5-9-17(15)18/h4-5,7,9,11-13,18H,6,8,10H2,1-3H3,(H,21,23). The van der Waals surface area contributed by atoms with Gasteiger partial charge in [-0.1, -0.05) is 30.3 Å². The largest absolute Gasteiger partial charge is 0.325 e. The van der Waals surface area contributed by atoms with Crippen molar-refractivity contribution in [2.45, 2.75) is 37.0 Å². The fraction of sp³-hybridized carbons (Fsp3) is 0.350. The van der Waals surface area contributed by atoms with Crippen LogP contribution in [-0.4, -0.2) is 32.7 Å². The Kier molecular flexibility index (Phi) is 5.16. The first kappa shape index (κ1) is 18.6. The summed E-state index contributed by atoms with van der Waals surface area (Å²) in [7, 11) is -0.559. The van der Waals surface area contributed by atoms with Gasteiger partial charge in [0, 0.05) is 19.8 Å². The van der Waals surface area contributed by atoms with Gasteiger partial charge in [0.25, 0.3) is 0 Å². The van der Waals surface area contributed by atoms with E-state index in [9.17, 15) is 13.2 Å². The number of nitrogens with zero attached hydrogens (tertiary/aromatic N) is 1. The Bertz CT molecular complexity index is 936. The lowest BCUT2D eigenvalue weighted by Crippen LogP contribution is -2.25. The zero-order chi connectivity index (χ0) is 18.9. The molecule has 3 rings (SSSR count). The van der Waals surface area contributed by atoms with Crippen LogP contribution in [0.5, 0.6) is 0 Å². The summed E-state index contributed by atoms with van der Waals surface area (Å²) in [6.45, 7) is 1.86. The monoisotopic (exact) mass is 372 g/mol. The second-order valence-corrected chi connectivity index (χ2v) is 9.05. The Balaban J connectivity index is 1.89. The van der Waals surface area contributed by atoms with Gasteiger partial charge < -0.3 is 5.32 Å². The normalized spacial score (nSPS) is 17.0. The number of carbonyl (C=O) groups is 1. The fourth-order valence-corrected chi connectivity index (χ4v) is 4.28. The Morgan fingerprint density at radius 2 is 1.88 bits per heavy atom. The molecule has 1 atom stereocenters. The Labute approximate surface area is 155 Å². The minimum atomic E-state index is -3.54. The summed E-state index contributed by atoms with van der Waals surface area (Å²) in [5.74, 6) is -0.284. The van der Waals surface area contributed by atoms with Crippen LogP contribution in [0, 0.1) is 6.92 Å². The van der Waals surface area contributed by atoms with Crippen molar-refractivity contribution < 1.29 is 13.2 Å². The Morgan fingerprint density at radius 1 is 1.15 bits per heavy atom. The number of carbonyl (C=O) groups excluding carboxylic acids is 1. The third-order valence-electron chi connectivity index (χ3n) is 4.93. The minimum Gasteiger partial charge on any atom is -0.325 e. The van der Waals surface area contributed by atoms with Crippen LogP contribution in [0.4, 0.5) is 5.69 Å². The average Bonchev–Trinajstić information content (AvgIpc) is 2.62. The molecule has 0 radical (unpaired) electrons. The molecule has 0 fully saturated rings. The van der Waals surface area contributed by atoms with Crippen molar-refractivity contribution in [3.63, 3.8) is 0 Å². The number of sulfonamides is 1. The molecular weight excluding hydrogens is 348 g/mol. The maximum atomic E-state index is 12.9. The molecule has 26 heavy (non-hydrogen) atoms. The van der Waals surface area contributed by atoms with Crippen LogP contribution < -0.4 is 5.32 Å². The van der Waals surface area contributed by atoms with E-state index in [0.717, 1.165) is 30.4 Å². The van der Waals surface area contributed by atoms with E-state index in [1.54, 1.807) is 12.1 Å². The van der Waals surface area contributed by atoms with Crippen LogP contribution in [0.25, 0.3) is 0 Å². The molecule has 0 saturated carbocycles.